The van der Waals surface area contributed by atoms with Crippen molar-refractivity contribution in [3.63, 3.8) is 0 Å². The van der Waals surface area contributed by atoms with Crippen molar-refractivity contribution in [3.8, 4) is 12.3 Å². The second kappa shape index (κ2) is 4.07. The second-order valence-electron chi connectivity index (χ2n) is 2.27. The van der Waals surface area contributed by atoms with E-state index in [4.69, 9.17) is 6.42 Å². The predicted octanol–water partition coefficient (Wildman–Crippen LogP) is -0.289. The van der Waals surface area contributed by atoms with Gasteiger partial charge in [-0.15, -0.1) is 12.3 Å². The third kappa shape index (κ3) is 2.57. The van der Waals surface area contributed by atoms with E-state index in [0.29, 0.717) is 6.42 Å². The van der Waals surface area contributed by atoms with Crippen LogP contribution in [0.15, 0.2) is 17.6 Å². The fraction of sp³-hybridized carbons (Fsp3) is 0.286. The zero-order chi connectivity index (χ0) is 9.73. The molecule has 0 fully saturated rings. The van der Waals surface area contributed by atoms with Crippen LogP contribution < -0.4 is 4.72 Å². The first-order chi connectivity index (χ1) is 6.17. The Kier molecular flexibility index (Phi) is 3.06. The molecule has 1 rings (SSSR count). The van der Waals surface area contributed by atoms with Gasteiger partial charge in [0.25, 0.3) is 10.0 Å². The summed E-state index contributed by atoms with van der Waals surface area (Å²) in [5, 5.41) is 0.0459. The summed E-state index contributed by atoms with van der Waals surface area (Å²) < 4.78 is 25.0. The van der Waals surface area contributed by atoms with Gasteiger partial charge in [-0.1, -0.05) is 0 Å². The van der Waals surface area contributed by atoms with Crippen molar-refractivity contribution in [2.45, 2.75) is 11.4 Å². The molecule has 0 aliphatic rings. The van der Waals surface area contributed by atoms with Crippen LogP contribution >= 0.6 is 0 Å². The Morgan fingerprint density at radius 3 is 3.00 bits per heavy atom. The minimum Gasteiger partial charge on any atom is -0.335 e. The Balaban J connectivity index is 2.64. The Bertz CT molecular complexity index is 388. The maximum Gasteiger partial charge on any atom is 0.257 e. The van der Waals surface area contributed by atoms with Gasteiger partial charge in [0.05, 0.1) is 12.5 Å². The van der Waals surface area contributed by atoms with Gasteiger partial charge in [0.15, 0.2) is 5.03 Å². The highest BCUT2D eigenvalue weighted by atomic mass is 32.2. The highest BCUT2D eigenvalue weighted by Gasteiger charge is 2.13. The number of hydrogen-bond acceptors (Lipinski definition) is 3. The molecule has 13 heavy (non-hydrogen) atoms. The molecule has 1 heterocycles. The molecule has 0 saturated carbocycles. The molecule has 0 saturated heterocycles. The van der Waals surface area contributed by atoms with Crippen molar-refractivity contribution in [3.05, 3.63) is 12.5 Å². The van der Waals surface area contributed by atoms with E-state index in [0.717, 1.165) is 0 Å². The molecule has 0 bridgehead atoms. The van der Waals surface area contributed by atoms with Crippen molar-refractivity contribution in [2.24, 2.45) is 0 Å². The van der Waals surface area contributed by atoms with E-state index in [-0.39, 0.29) is 11.6 Å². The molecular weight excluding hydrogens is 190 g/mol. The van der Waals surface area contributed by atoms with E-state index in [1.807, 2.05) is 0 Å². The number of imidazole rings is 1. The van der Waals surface area contributed by atoms with E-state index in [2.05, 4.69) is 20.6 Å². The topological polar surface area (TPSA) is 74.8 Å². The number of rotatable bonds is 4. The summed E-state index contributed by atoms with van der Waals surface area (Å²) in [6, 6.07) is 0. The molecule has 0 spiro atoms. The van der Waals surface area contributed by atoms with E-state index >= 15 is 0 Å². The van der Waals surface area contributed by atoms with E-state index in [9.17, 15) is 8.42 Å². The van der Waals surface area contributed by atoms with Crippen molar-refractivity contribution in [1.82, 2.24) is 14.7 Å². The molecule has 1 aromatic rings. The number of hydrogen-bond donors (Lipinski definition) is 2. The van der Waals surface area contributed by atoms with Gasteiger partial charge in [0.1, 0.15) is 0 Å². The number of aromatic amines is 1. The van der Waals surface area contributed by atoms with Crippen LogP contribution in [-0.2, 0) is 10.0 Å². The van der Waals surface area contributed by atoms with Crippen LogP contribution in [0.2, 0.25) is 0 Å². The standard InChI is InChI=1S/C7H9N3O2S/c1-2-3-4-10-13(11,12)7-5-8-6-9-7/h1,5-6,10H,3-4H2,(H,8,9). The van der Waals surface area contributed by atoms with Gasteiger partial charge in [-0.3, -0.25) is 0 Å². The van der Waals surface area contributed by atoms with Gasteiger partial charge in [0, 0.05) is 13.0 Å². The van der Waals surface area contributed by atoms with E-state index in [1.54, 1.807) is 0 Å². The van der Waals surface area contributed by atoms with E-state index < -0.39 is 10.0 Å². The first-order valence-corrected chi connectivity index (χ1v) is 5.06. The fourth-order valence-corrected chi connectivity index (χ4v) is 1.66. The molecule has 0 atom stereocenters. The van der Waals surface area contributed by atoms with Crippen molar-refractivity contribution in [1.29, 1.82) is 0 Å². The summed E-state index contributed by atoms with van der Waals surface area (Å²) in [5.74, 6) is 2.33. The molecular formula is C7H9N3O2S. The normalized spacial score (nSPS) is 11.0. The van der Waals surface area contributed by atoms with Crippen LogP contribution in [0.5, 0.6) is 0 Å². The minimum atomic E-state index is -3.45. The molecule has 0 aliphatic heterocycles. The molecule has 2 N–H and O–H groups in total. The van der Waals surface area contributed by atoms with Gasteiger partial charge in [-0.25, -0.2) is 18.1 Å². The molecule has 0 unspecified atom stereocenters. The average molecular weight is 199 g/mol. The monoisotopic (exact) mass is 199 g/mol. The zero-order valence-corrected chi connectivity index (χ0v) is 7.63. The number of aromatic nitrogens is 2. The summed E-state index contributed by atoms with van der Waals surface area (Å²) in [6.07, 6.45) is 7.88. The molecule has 1 aromatic heterocycles. The highest BCUT2D eigenvalue weighted by molar-refractivity contribution is 7.89. The minimum absolute atomic E-state index is 0.0459. The van der Waals surface area contributed by atoms with Crippen LogP contribution in [0.3, 0.4) is 0 Å². The Morgan fingerprint density at radius 2 is 2.46 bits per heavy atom. The Morgan fingerprint density at radius 1 is 1.69 bits per heavy atom. The van der Waals surface area contributed by atoms with Crippen LogP contribution in [0.25, 0.3) is 0 Å². The molecule has 70 valence electrons. The third-order valence-corrected chi connectivity index (χ3v) is 2.71. The lowest BCUT2D eigenvalue weighted by Crippen LogP contribution is -2.24. The second-order valence-corrected chi connectivity index (χ2v) is 4.00. The maximum atomic E-state index is 11.3. The first kappa shape index (κ1) is 9.77. The SMILES string of the molecule is C#CCCNS(=O)(=O)c1cnc[nH]1. The van der Waals surface area contributed by atoms with Gasteiger partial charge < -0.3 is 4.98 Å². The molecule has 5 nitrogen and oxygen atoms in total. The lowest BCUT2D eigenvalue weighted by Gasteiger charge is -2.00. The van der Waals surface area contributed by atoms with Crippen LogP contribution in [0, 0.1) is 12.3 Å². The maximum absolute atomic E-state index is 11.3. The van der Waals surface area contributed by atoms with Gasteiger partial charge in [-0.2, -0.15) is 0 Å². The number of sulfonamides is 1. The number of H-pyrrole nitrogens is 1. The molecule has 0 radical (unpaired) electrons. The lowest BCUT2D eigenvalue weighted by molar-refractivity contribution is 0.579. The Labute approximate surface area is 76.6 Å². The van der Waals surface area contributed by atoms with Crippen LogP contribution in [0.1, 0.15) is 6.42 Å². The molecule has 6 heteroatoms. The predicted molar refractivity (Wildman–Crippen MR) is 47.2 cm³/mol. The van der Waals surface area contributed by atoms with E-state index in [1.165, 1.54) is 12.5 Å². The quantitative estimate of drug-likeness (QED) is 0.517. The third-order valence-electron chi connectivity index (χ3n) is 1.32. The number of nitrogens with one attached hydrogen (secondary N) is 2. The summed E-state index contributed by atoms with van der Waals surface area (Å²) in [6.45, 7) is 0.234. The van der Waals surface area contributed by atoms with Crippen molar-refractivity contribution < 1.29 is 8.42 Å². The highest BCUT2D eigenvalue weighted by Crippen LogP contribution is 2.00. The van der Waals surface area contributed by atoms with Gasteiger partial charge in [-0.05, 0) is 0 Å². The van der Waals surface area contributed by atoms with Gasteiger partial charge >= 0.3 is 0 Å². The summed E-state index contributed by atoms with van der Waals surface area (Å²) in [5.41, 5.74) is 0. The molecule has 0 aliphatic carbocycles. The van der Waals surface area contributed by atoms with Crippen molar-refractivity contribution in [2.75, 3.05) is 6.54 Å². The Hall–Kier alpha value is -1.32. The molecule has 0 aromatic carbocycles. The average Bonchev–Trinajstić information content (AvgIpc) is 2.56. The smallest absolute Gasteiger partial charge is 0.257 e. The summed E-state index contributed by atoms with van der Waals surface area (Å²) in [7, 11) is -3.45. The lowest BCUT2D eigenvalue weighted by atomic mass is 10.5. The van der Waals surface area contributed by atoms with Crippen LogP contribution in [0.4, 0.5) is 0 Å². The zero-order valence-electron chi connectivity index (χ0n) is 6.82. The first-order valence-electron chi connectivity index (χ1n) is 3.58. The van der Waals surface area contributed by atoms with Gasteiger partial charge in [0.2, 0.25) is 0 Å². The molecule has 0 amide bonds. The van der Waals surface area contributed by atoms with Crippen molar-refractivity contribution >= 4 is 10.0 Å². The largest absolute Gasteiger partial charge is 0.335 e. The number of terminal acetylenes is 1. The number of nitrogens with zero attached hydrogens (tertiary/aromatic N) is 1. The fourth-order valence-electron chi connectivity index (χ4n) is 0.725. The summed E-state index contributed by atoms with van der Waals surface area (Å²) >= 11 is 0. The summed E-state index contributed by atoms with van der Waals surface area (Å²) in [4.78, 5) is 6.09. The van der Waals surface area contributed by atoms with Crippen LogP contribution in [-0.4, -0.2) is 24.9 Å².